The van der Waals surface area contributed by atoms with Gasteiger partial charge < -0.3 is 55.6 Å². The number of H-pyrrole nitrogens is 1. The summed E-state index contributed by atoms with van der Waals surface area (Å²) in [6.07, 6.45) is -15.0. The number of aromatic nitrogens is 4. The summed E-state index contributed by atoms with van der Waals surface area (Å²) in [6, 6.07) is 0. The van der Waals surface area contributed by atoms with Crippen molar-refractivity contribution < 1.29 is 72.4 Å². The molecule has 0 aliphatic carbocycles. The fraction of sp³-hybridized carbons (Fsp3) is 0.688. The monoisotopic (exact) mass is 605 g/mol. The van der Waals surface area contributed by atoms with Crippen molar-refractivity contribution in [2.45, 2.75) is 55.2 Å². The zero-order valence-corrected chi connectivity index (χ0v) is 21.1. The topological polar surface area (TPSA) is 332 Å². The summed E-state index contributed by atoms with van der Waals surface area (Å²) < 4.78 is 49.1. The molecule has 0 saturated carbocycles. The van der Waals surface area contributed by atoms with Crippen molar-refractivity contribution in [1.82, 2.24) is 19.5 Å². The molecule has 2 aromatic rings. The van der Waals surface area contributed by atoms with Gasteiger partial charge in [-0.1, -0.05) is 0 Å². The number of hydrogen-bond donors (Lipinski definition) is 10. The fourth-order valence-electron chi connectivity index (χ4n) is 3.85. The predicted molar refractivity (Wildman–Crippen MR) is 120 cm³/mol. The van der Waals surface area contributed by atoms with Crippen LogP contribution in [0.2, 0.25) is 0 Å². The largest absolute Gasteiger partial charge is 0.483 e. The molecule has 4 rings (SSSR count). The van der Waals surface area contributed by atoms with E-state index in [0.717, 1.165) is 10.9 Å². The van der Waals surface area contributed by atoms with Crippen LogP contribution in [0.15, 0.2) is 11.1 Å². The summed E-state index contributed by atoms with van der Waals surface area (Å²) in [5.74, 6) is -0.278. The van der Waals surface area contributed by atoms with E-state index in [-0.39, 0.29) is 17.1 Å². The second kappa shape index (κ2) is 11.2. The number of aromatic amines is 1. The smallest absolute Gasteiger partial charge is 0.394 e. The lowest BCUT2D eigenvalue weighted by Crippen LogP contribution is -2.58. The van der Waals surface area contributed by atoms with Gasteiger partial charge in [0.05, 0.1) is 19.5 Å². The maximum Gasteiger partial charge on any atom is 0.483 e. The molecule has 21 nitrogen and oxygen atoms in total. The number of fused-ring (bicyclic) bond motifs is 1. The summed E-state index contributed by atoms with van der Waals surface area (Å²) in [6.45, 7) is -1.89. The first-order valence-electron chi connectivity index (χ1n) is 10.9. The quantitative estimate of drug-likeness (QED) is 0.120. The Labute approximate surface area is 216 Å². The molecule has 0 aromatic carbocycles. The van der Waals surface area contributed by atoms with Crippen LogP contribution in [-0.2, 0) is 32.0 Å². The Kier molecular flexibility index (Phi) is 8.60. The van der Waals surface area contributed by atoms with Crippen molar-refractivity contribution in [2.24, 2.45) is 0 Å². The minimum absolute atomic E-state index is 0.114. The number of hydrogen-bond acceptors (Lipinski definition) is 17. The molecule has 0 amide bonds. The van der Waals surface area contributed by atoms with Gasteiger partial charge in [-0.2, -0.15) is 9.29 Å². The number of phosphoric acid groups is 2. The number of anilines is 1. The zero-order chi connectivity index (χ0) is 28.9. The number of nitrogens with zero attached hydrogens (tertiary/aromatic N) is 3. The van der Waals surface area contributed by atoms with Crippen molar-refractivity contribution in [3.63, 3.8) is 0 Å². The third kappa shape index (κ3) is 6.22. The second-order valence-electron chi connectivity index (χ2n) is 8.44. The molecule has 4 heterocycles. The average molecular weight is 605 g/mol. The predicted octanol–water partition coefficient (Wildman–Crippen LogP) is -4.63. The van der Waals surface area contributed by atoms with E-state index in [4.69, 9.17) is 20.3 Å². The van der Waals surface area contributed by atoms with Gasteiger partial charge in [0.15, 0.2) is 23.7 Å². The van der Waals surface area contributed by atoms with Gasteiger partial charge in [0.2, 0.25) is 5.95 Å². The second-order valence-corrected chi connectivity index (χ2v) is 11.4. The standard InChI is InChI=1S/C16H25N5O16P2/c17-16-19-12-6(13(28)20-16)18-3-21(12)14-10(26)8(24)5(34-14)2-33-38(29,30)37-39(31,32)36-15-11(27)9(25)7(23)4(1-22)35-15/h3-5,7-11,14-15,22-27H,1-2H2,(H,29,30)(H,31,32)(H3,17,19,20,28)/t4-,5-,7-,8-,9+,10+,11-,14+,15+/m0/s1. The lowest BCUT2D eigenvalue weighted by atomic mass is 10.00. The normalized spacial score (nSPS) is 36.6. The van der Waals surface area contributed by atoms with Crippen molar-refractivity contribution in [3.05, 3.63) is 16.7 Å². The van der Waals surface area contributed by atoms with Crippen LogP contribution in [-0.4, -0.2) is 122 Å². The summed E-state index contributed by atoms with van der Waals surface area (Å²) >= 11 is 0. The Morgan fingerprint density at radius 2 is 1.67 bits per heavy atom. The third-order valence-electron chi connectivity index (χ3n) is 5.76. The Balaban J connectivity index is 1.39. The van der Waals surface area contributed by atoms with E-state index in [1.807, 2.05) is 0 Å². The number of nitrogen functional groups attached to an aromatic ring is 1. The van der Waals surface area contributed by atoms with E-state index in [1.165, 1.54) is 0 Å². The number of aliphatic hydroxyl groups excluding tert-OH is 6. The van der Waals surface area contributed by atoms with Crippen LogP contribution in [0.3, 0.4) is 0 Å². The van der Waals surface area contributed by atoms with E-state index in [1.54, 1.807) is 0 Å². The lowest BCUT2D eigenvalue weighted by Gasteiger charge is -2.39. The van der Waals surface area contributed by atoms with Crippen molar-refractivity contribution in [3.8, 4) is 0 Å². The van der Waals surface area contributed by atoms with Gasteiger partial charge in [-0.25, -0.2) is 14.1 Å². The molecule has 2 aliphatic rings. The lowest BCUT2D eigenvalue weighted by molar-refractivity contribution is -0.280. The van der Waals surface area contributed by atoms with E-state index in [9.17, 15) is 49.2 Å². The fourth-order valence-corrected chi connectivity index (χ4v) is 6.01. The van der Waals surface area contributed by atoms with Gasteiger partial charge in [0, 0.05) is 0 Å². The number of imidazole rings is 1. The van der Waals surface area contributed by atoms with Crippen LogP contribution >= 0.6 is 15.6 Å². The minimum atomic E-state index is -5.60. The van der Waals surface area contributed by atoms with Crippen LogP contribution in [0.25, 0.3) is 11.2 Å². The highest BCUT2D eigenvalue weighted by molar-refractivity contribution is 7.61. The number of nitrogens with two attached hydrogens (primary N) is 1. The molecule has 2 unspecified atom stereocenters. The van der Waals surface area contributed by atoms with Gasteiger partial charge in [-0.3, -0.25) is 23.4 Å². The molecule has 2 aliphatic heterocycles. The zero-order valence-electron chi connectivity index (χ0n) is 19.3. The summed E-state index contributed by atoms with van der Waals surface area (Å²) in [5.41, 5.74) is 4.54. The first-order chi connectivity index (χ1) is 18.1. The molecule has 2 saturated heterocycles. The molecule has 2 fully saturated rings. The van der Waals surface area contributed by atoms with Crippen LogP contribution in [0.4, 0.5) is 5.95 Å². The number of rotatable bonds is 9. The first kappa shape index (κ1) is 30.1. The molecular weight excluding hydrogens is 580 g/mol. The van der Waals surface area contributed by atoms with Crippen LogP contribution in [0.1, 0.15) is 6.23 Å². The van der Waals surface area contributed by atoms with E-state index >= 15 is 0 Å². The maximum atomic E-state index is 12.3. The summed E-state index contributed by atoms with van der Waals surface area (Å²) in [7, 11) is -11.1. The highest BCUT2D eigenvalue weighted by atomic mass is 31.3. The van der Waals surface area contributed by atoms with Gasteiger partial charge in [0.1, 0.15) is 42.7 Å². The van der Waals surface area contributed by atoms with Gasteiger partial charge in [0.25, 0.3) is 5.56 Å². The molecule has 39 heavy (non-hydrogen) atoms. The molecule has 11 N–H and O–H groups in total. The maximum absolute atomic E-state index is 12.3. The highest BCUT2D eigenvalue weighted by Crippen LogP contribution is 2.61. The molecule has 23 heteroatoms. The summed E-state index contributed by atoms with van der Waals surface area (Å²) in [5, 5.41) is 59.2. The Bertz CT molecular complexity index is 1340. The number of nitrogens with one attached hydrogen (secondary N) is 1. The molecule has 11 atom stereocenters. The Hall–Kier alpha value is -1.91. The average Bonchev–Trinajstić information content (AvgIpc) is 3.38. The van der Waals surface area contributed by atoms with E-state index in [2.05, 4.69) is 28.3 Å². The number of ether oxygens (including phenoxy) is 2. The van der Waals surface area contributed by atoms with Crippen molar-refractivity contribution in [1.29, 1.82) is 0 Å². The molecular formula is C16H25N5O16P2. The SMILES string of the molecule is Nc1nc2c(ncn2[C@@H]2O[C@@H](COP(=O)(O)OP(=O)(O)O[C@H]3O[C@@H](CO)[C@H](O)[C@@H](O)[C@@H]3O)[C@H](O)[C@H]2O)c(=O)[nH]1. The van der Waals surface area contributed by atoms with E-state index < -0.39 is 89.7 Å². The van der Waals surface area contributed by atoms with Crippen molar-refractivity contribution in [2.75, 3.05) is 18.9 Å². The van der Waals surface area contributed by atoms with Crippen molar-refractivity contribution >= 4 is 32.8 Å². The first-order valence-corrected chi connectivity index (χ1v) is 13.9. The van der Waals surface area contributed by atoms with E-state index in [0.29, 0.717) is 0 Å². The van der Waals surface area contributed by atoms with Crippen LogP contribution in [0.5, 0.6) is 0 Å². The molecule has 220 valence electrons. The van der Waals surface area contributed by atoms with Crippen LogP contribution < -0.4 is 11.3 Å². The molecule has 2 aromatic heterocycles. The highest BCUT2D eigenvalue weighted by Gasteiger charge is 2.49. The van der Waals surface area contributed by atoms with Gasteiger partial charge in [-0.05, 0) is 0 Å². The van der Waals surface area contributed by atoms with Crippen LogP contribution in [0, 0.1) is 0 Å². The Morgan fingerprint density at radius 1 is 1.00 bits per heavy atom. The number of phosphoric ester groups is 2. The minimum Gasteiger partial charge on any atom is -0.394 e. The molecule has 0 bridgehead atoms. The van der Waals surface area contributed by atoms with Gasteiger partial charge in [-0.15, -0.1) is 0 Å². The molecule has 0 spiro atoms. The third-order valence-corrected chi connectivity index (χ3v) is 8.36. The molecule has 0 radical (unpaired) electrons. The van der Waals surface area contributed by atoms with Gasteiger partial charge >= 0.3 is 15.6 Å². The number of aliphatic hydroxyl groups is 6. The Morgan fingerprint density at radius 3 is 2.33 bits per heavy atom. The summed E-state index contributed by atoms with van der Waals surface area (Å²) in [4.78, 5) is 41.7.